The number of nitrogens with zero attached hydrogens (tertiary/aromatic N) is 1. The van der Waals surface area contributed by atoms with Crippen LogP contribution in [-0.4, -0.2) is 24.0 Å². The molecule has 0 amide bonds. The van der Waals surface area contributed by atoms with Gasteiger partial charge in [0.15, 0.2) is 0 Å². The van der Waals surface area contributed by atoms with Crippen LogP contribution in [0, 0.1) is 0 Å². The zero-order chi connectivity index (χ0) is 5.11. The van der Waals surface area contributed by atoms with Crippen molar-refractivity contribution in [2.75, 3.05) is 19.1 Å². The van der Waals surface area contributed by atoms with Gasteiger partial charge in [-0.25, -0.2) is 0 Å². The van der Waals surface area contributed by atoms with Crippen molar-refractivity contribution in [1.29, 1.82) is 0 Å². The highest BCUT2D eigenvalue weighted by Gasteiger charge is 2.07. The highest BCUT2D eigenvalue weighted by molar-refractivity contribution is 6.17. The Balaban J connectivity index is 2.14. The molecule has 0 atom stereocenters. The minimum Gasteiger partial charge on any atom is -0.290 e. The van der Waals surface area contributed by atoms with Gasteiger partial charge in [-0.2, -0.15) is 0 Å². The molecule has 0 spiro atoms. The van der Waals surface area contributed by atoms with Gasteiger partial charge in [0, 0.05) is 0 Å². The third-order valence-corrected chi connectivity index (χ3v) is 1.71. The number of hydrogen-bond donors (Lipinski definition) is 0. The molecule has 0 aliphatic carbocycles. The van der Waals surface area contributed by atoms with Crippen molar-refractivity contribution in [1.82, 2.24) is 4.90 Å². The van der Waals surface area contributed by atoms with Crippen LogP contribution in [0.25, 0.3) is 0 Å². The summed E-state index contributed by atoms with van der Waals surface area (Å²) in [4.78, 5) is 2.25. The third-order valence-electron chi connectivity index (χ3n) is 1.37. The van der Waals surface area contributed by atoms with Crippen molar-refractivity contribution in [3.63, 3.8) is 0 Å². The first-order valence-electron chi connectivity index (χ1n) is 2.72. The van der Waals surface area contributed by atoms with E-state index in [1.807, 2.05) is 0 Å². The van der Waals surface area contributed by atoms with E-state index in [9.17, 15) is 0 Å². The summed E-state index contributed by atoms with van der Waals surface area (Å²) in [6, 6.07) is 0.722. The molecule has 1 rings (SSSR count). The number of rotatable bonds is 1. The molecule has 1 heterocycles. The summed E-state index contributed by atoms with van der Waals surface area (Å²) in [5, 5.41) is 0. The fourth-order valence-electron chi connectivity index (χ4n) is 0.902. The minimum absolute atomic E-state index is 0.722. The Morgan fingerprint density at radius 3 is 2.14 bits per heavy atom. The number of likely N-dealkylation sites (tertiary alicyclic amines) is 1. The molecule has 0 unspecified atom stereocenters. The smallest absolute Gasteiger partial charge is 0.0738 e. The molecule has 0 radical (unpaired) electrons. The maximum absolute atomic E-state index is 5.53. The molecule has 2 heteroatoms. The molecule has 0 aromatic carbocycles. The van der Waals surface area contributed by atoms with Gasteiger partial charge < -0.3 is 0 Å². The number of hydrogen-bond acceptors (Lipinski definition) is 1. The van der Waals surface area contributed by atoms with Crippen LogP contribution >= 0.6 is 11.6 Å². The lowest BCUT2D eigenvalue weighted by molar-refractivity contribution is 0.397. The molecular formula is C5H10ClN. The van der Waals surface area contributed by atoms with Gasteiger partial charge in [0.1, 0.15) is 0 Å². The average molecular weight is 120 g/mol. The summed E-state index contributed by atoms with van der Waals surface area (Å²) < 4.78 is 0. The first kappa shape index (κ1) is 5.39. The van der Waals surface area contributed by atoms with Gasteiger partial charge >= 0.3 is 0 Å². The van der Waals surface area contributed by atoms with Crippen molar-refractivity contribution in [3.8, 4) is 0 Å². The SMILES string of the molecule is ClCN1CCCC1. The maximum Gasteiger partial charge on any atom is 0.0738 e. The lowest BCUT2D eigenvalue weighted by atomic mass is 10.4. The Labute approximate surface area is 49.3 Å². The molecule has 42 valence electrons. The zero-order valence-electron chi connectivity index (χ0n) is 4.36. The van der Waals surface area contributed by atoms with Gasteiger partial charge in [-0.15, -0.1) is 11.6 Å². The Kier molecular flexibility index (Phi) is 1.95. The molecule has 0 aromatic heterocycles. The Bertz CT molecular complexity index is 50.0. The molecule has 0 saturated carbocycles. The molecule has 0 N–H and O–H groups in total. The summed E-state index contributed by atoms with van der Waals surface area (Å²) in [5.41, 5.74) is 0. The predicted octanol–water partition coefficient (Wildman–Crippen LogP) is 1.28. The molecule has 7 heavy (non-hydrogen) atoms. The van der Waals surface area contributed by atoms with Crippen LogP contribution in [0.3, 0.4) is 0 Å². The van der Waals surface area contributed by atoms with E-state index in [0.717, 1.165) is 6.00 Å². The van der Waals surface area contributed by atoms with E-state index in [4.69, 9.17) is 11.6 Å². The molecular weight excluding hydrogens is 110 g/mol. The van der Waals surface area contributed by atoms with E-state index >= 15 is 0 Å². The van der Waals surface area contributed by atoms with Gasteiger partial charge in [-0.1, -0.05) is 0 Å². The standard InChI is InChI=1S/C5H10ClN/c6-5-7-3-1-2-4-7/h1-5H2. The van der Waals surface area contributed by atoms with Crippen LogP contribution in [0.5, 0.6) is 0 Å². The van der Waals surface area contributed by atoms with Gasteiger partial charge in [-0.05, 0) is 25.9 Å². The van der Waals surface area contributed by atoms with Gasteiger partial charge in [0.05, 0.1) is 6.00 Å². The van der Waals surface area contributed by atoms with E-state index in [-0.39, 0.29) is 0 Å². The molecule has 1 saturated heterocycles. The first-order valence-corrected chi connectivity index (χ1v) is 3.25. The van der Waals surface area contributed by atoms with Crippen LogP contribution in [0.2, 0.25) is 0 Å². The fourth-order valence-corrected chi connectivity index (χ4v) is 1.14. The second-order valence-electron chi connectivity index (χ2n) is 1.94. The summed E-state index contributed by atoms with van der Waals surface area (Å²) in [6.07, 6.45) is 2.68. The van der Waals surface area contributed by atoms with Crippen LogP contribution in [0.4, 0.5) is 0 Å². The Morgan fingerprint density at radius 1 is 1.29 bits per heavy atom. The predicted molar refractivity (Wildman–Crippen MR) is 31.5 cm³/mol. The molecule has 1 aliphatic rings. The summed E-state index contributed by atoms with van der Waals surface area (Å²) >= 11 is 5.53. The largest absolute Gasteiger partial charge is 0.290 e. The first-order chi connectivity index (χ1) is 3.43. The van der Waals surface area contributed by atoms with Crippen molar-refractivity contribution in [2.24, 2.45) is 0 Å². The van der Waals surface area contributed by atoms with Crippen LogP contribution in [0.15, 0.2) is 0 Å². The van der Waals surface area contributed by atoms with E-state index in [1.165, 1.54) is 25.9 Å². The highest BCUT2D eigenvalue weighted by Crippen LogP contribution is 2.06. The van der Waals surface area contributed by atoms with Crippen molar-refractivity contribution < 1.29 is 0 Å². The van der Waals surface area contributed by atoms with Crippen molar-refractivity contribution >= 4 is 11.6 Å². The lowest BCUT2D eigenvalue weighted by Crippen LogP contribution is -2.15. The average Bonchev–Trinajstić information content (AvgIpc) is 2.14. The normalized spacial score (nSPS) is 23.6. The van der Waals surface area contributed by atoms with Crippen molar-refractivity contribution in [2.45, 2.75) is 12.8 Å². The van der Waals surface area contributed by atoms with Gasteiger partial charge in [-0.3, -0.25) is 4.90 Å². The number of alkyl halides is 1. The van der Waals surface area contributed by atoms with Gasteiger partial charge in [0.2, 0.25) is 0 Å². The van der Waals surface area contributed by atoms with Crippen LogP contribution in [-0.2, 0) is 0 Å². The zero-order valence-corrected chi connectivity index (χ0v) is 5.12. The van der Waals surface area contributed by atoms with Gasteiger partial charge in [0.25, 0.3) is 0 Å². The Morgan fingerprint density at radius 2 is 1.86 bits per heavy atom. The Hall–Kier alpha value is 0.250. The molecule has 0 aromatic rings. The van der Waals surface area contributed by atoms with Crippen LogP contribution in [0.1, 0.15) is 12.8 Å². The topological polar surface area (TPSA) is 3.24 Å². The quantitative estimate of drug-likeness (QED) is 0.371. The molecule has 1 aliphatic heterocycles. The van der Waals surface area contributed by atoms with E-state index in [1.54, 1.807) is 0 Å². The molecule has 0 bridgehead atoms. The fraction of sp³-hybridized carbons (Fsp3) is 1.00. The number of halogens is 1. The summed E-state index contributed by atoms with van der Waals surface area (Å²) in [6.45, 7) is 2.42. The second-order valence-corrected chi connectivity index (χ2v) is 2.18. The summed E-state index contributed by atoms with van der Waals surface area (Å²) in [5.74, 6) is 0. The third kappa shape index (κ3) is 1.32. The van der Waals surface area contributed by atoms with E-state index in [2.05, 4.69) is 4.90 Å². The molecule has 1 nitrogen and oxygen atoms in total. The lowest BCUT2D eigenvalue weighted by Gasteiger charge is -2.06. The van der Waals surface area contributed by atoms with Crippen molar-refractivity contribution in [3.05, 3.63) is 0 Å². The monoisotopic (exact) mass is 119 g/mol. The van der Waals surface area contributed by atoms with E-state index < -0.39 is 0 Å². The summed E-state index contributed by atoms with van der Waals surface area (Å²) in [7, 11) is 0. The second kappa shape index (κ2) is 2.53. The van der Waals surface area contributed by atoms with E-state index in [0.29, 0.717) is 0 Å². The highest BCUT2D eigenvalue weighted by atomic mass is 35.5. The minimum atomic E-state index is 0.722. The molecule has 1 fully saturated rings. The maximum atomic E-state index is 5.53. The van der Waals surface area contributed by atoms with Crippen LogP contribution < -0.4 is 0 Å².